The number of nitrogens with zero attached hydrogens (tertiary/aromatic N) is 2. The number of anilines is 1. The van der Waals surface area contributed by atoms with Crippen LogP contribution in [0.2, 0.25) is 0 Å². The van der Waals surface area contributed by atoms with Crippen molar-refractivity contribution in [3.05, 3.63) is 60.0 Å². The fourth-order valence-electron chi connectivity index (χ4n) is 2.53. The van der Waals surface area contributed by atoms with Crippen LogP contribution in [0.15, 0.2) is 60.0 Å². The van der Waals surface area contributed by atoms with Crippen molar-refractivity contribution in [3.8, 4) is 22.8 Å². The number of benzene rings is 2. The van der Waals surface area contributed by atoms with Crippen LogP contribution in [0.3, 0.4) is 0 Å². The number of rotatable bonds is 9. The van der Waals surface area contributed by atoms with E-state index in [2.05, 4.69) is 4.98 Å². The van der Waals surface area contributed by atoms with Crippen molar-refractivity contribution in [3.63, 3.8) is 0 Å². The predicted molar refractivity (Wildman–Crippen MR) is 110 cm³/mol. The van der Waals surface area contributed by atoms with Gasteiger partial charge in [0.2, 0.25) is 0 Å². The number of carbonyl (C=O) groups excluding carboxylic acids is 1. The molecule has 7 heteroatoms. The van der Waals surface area contributed by atoms with Gasteiger partial charge in [-0.15, -0.1) is 11.3 Å². The lowest BCUT2D eigenvalue weighted by Gasteiger charge is -2.19. The van der Waals surface area contributed by atoms with Gasteiger partial charge in [-0.25, -0.2) is 4.98 Å². The number of para-hydroxylation sites is 1. The van der Waals surface area contributed by atoms with E-state index in [1.165, 1.54) is 11.3 Å². The van der Waals surface area contributed by atoms with Crippen LogP contribution in [0.1, 0.15) is 0 Å². The van der Waals surface area contributed by atoms with Crippen LogP contribution in [0, 0.1) is 0 Å². The summed E-state index contributed by atoms with van der Waals surface area (Å²) in [7, 11) is 3.24. The summed E-state index contributed by atoms with van der Waals surface area (Å²) >= 11 is 1.41. The number of methoxy groups -OCH3 is 2. The molecule has 0 aliphatic carbocycles. The first kappa shape index (κ1) is 19.9. The molecule has 0 aliphatic rings. The SMILES string of the molecule is COCCN(C(=O)COc1ccccc1)c1nc(-c2ccc(OC)cc2)cs1. The summed E-state index contributed by atoms with van der Waals surface area (Å²) in [5.74, 6) is 1.27. The smallest absolute Gasteiger partial charge is 0.266 e. The molecule has 28 heavy (non-hydrogen) atoms. The van der Waals surface area contributed by atoms with Crippen LogP contribution in [0.25, 0.3) is 11.3 Å². The number of hydrogen-bond donors (Lipinski definition) is 0. The summed E-state index contributed by atoms with van der Waals surface area (Å²) < 4.78 is 15.9. The Morgan fingerprint density at radius 1 is 1.04 bits per heavy atom. The van der Waals surface area contributed by atoms with Crippen LogP contribution in [0.5, 0.6) is 11.5 Å². The highest BCUT2D eigenvalue weighted by Crippen LogP contribution is 2.28. The van der Waals surface area contributed by atoms with E-state index < -0.39 is 0 Å². The molecule has 0 aliphatic heterocycles. The Balaban J connectivity index is 1.73. The fourth-order valence-corrected chi connectivity index (χ4v) is 3.41. The van der Waals surface area contributed by atoms with Gasteiger partial charge < -0.3 is 14.2 Å². The lowest BCUT2D eigenvalue weighted by atomic mass is 10.2. The number of aromatic nitrogens is 1. The summed E-state index contributed by atoms with van der Waals surface area (Å²) in [6, 6.07) is 16.9. The molecular formula is C21H22N2O4S. The summed E-state index contributed by atoms with van der Waals surface area (Å²) in [5.41, 5.74) is 1.77. The molecule has 1 aromatic heterocycles. The van der Waals surface area contributed by atoms with Crippen LogP contribution in [0.4, 0.5) is 5.13 Å². The molecule has 2 aromatic carbocycles. The van der Waals surface area contributed by atoms with Crippen molar-refractivity contribution in [2.45, 2.75) is 0 Å². The van der Waals surface area contributed by atoms with Crippen LogP contribution in [-0.4, -0.2) is 44.9 Å². The van der Waals surface area contributed by atoms with Crippen molar-refractivity contribution in [2.75, 3.05) is 38.9 Å². The van der Waals surface area contributed by atoms with Gasteiger partial charge in [0, 0.05) is 18.1 Å². The third-order valence-corrected chi connectivity index (χ3v) is 4.90. The zero-order valence-electron chi connectivity index (χ0n) is 15.8. The van der Waals surface area contributed by atoms with Crippen molar-refractivity contribution in [2.24, 2.45) is 0 Å². The van der Waals surface area contributed by atoms with E-state index in [0.717, 1.165) is 17.0 Å². The van der Waals surface area contributed by atoms with Gasteiger partial charge >= 0.3 is 0 Å². The fraction of sp³-hybridized carbons (Fsp3) is 0.238. The molecule has 0 unspecified atom stereocenters. The van der Waals surface area contributed by atoms with Gasteiger partial charge in [-0.1, -0.05) is 18.2 Å². The van der Waals surface area contributed by atoms with Crippen molar-refractivity contribution >= 4 is 22.4 Å². The van der Waals surface area contributed by atoms with Crippen LogP contribution >= 0.6 is 11.3 Å². The van der Waals surface area contributed by atoms with Gasteiger partial charge in [0.1, 0.15) is 11.5 Å². The van der Waals surface area contributed by atoms with Gasteiger partial charge in [-0.3, -0.25) is 9.69 Å². The number of thiazole rings is 1. The monoisotopic (exact) mass is 398 g/mol. The maximum absolute atomic E-state index is 12.7. The molecule has 0 spiro atoms. The van der Waals surface area contributed by atoms with E-state index >= 15 is 0 Å². The molecule has 0 atom stereocenters. The molecule has 0 radical (unpaired) electrons. The van der Waals surface area contributed by atoms with Crippen molar-refractivity contribution in [1.29, 1.82) is 0 Å². The second kappa shape index (κ2) is 9.87. The Bertz CT molecular complexity index is 881. The maximum Gasteiger partial charge on any atom is 0.266 e. The minimum atomic E-state index is -0.170. The van der Waals surface area contributed by atoms with E-state index in [1.54, 1.807) is 19.1 Å². The first-order chi connectivity index (χ1) is 13.7. The van der Waals surface area contributed by atoms with Crippen molar-refractivity contribution in [1.82, 2.24) is 4.98 Å². The van der Waals surface area contributed by atoms with Gasteiger partial charge in [-0.2, -0.15) is 0 Å². The highest BCUT2D eigenvalue weighted by atomic mass is 32.1. The van der Waals surface area contributed by atoms with E-state index in [-0.39, 0.29) is 12.5 Å². The van der Waals surface area contributed by atoms with E-state index in [4.69, 9.17) is 14.2 Å². The highest BCUT2D eigenvalue weighted by Gasteiger charge is 2.20. The largest absolute Gasteiger partial charge is 0.497 e. The van der Waals surface area contributed by atoms with E-state index in [1.807, 2.05) is 60.0 Å². The van der Waals surface area contributed by atoms with Gasteiger partial charge in [-0.05, 0) is 36.4 Å². The quantitative estimate of drug-likeness (QED) is 0.547. The zero-order chi connectivity index (χ0) is 19.8. The van der Waals surface area contributed by atoms with E-state index in [9.17, 15) is 4.79 Å². The second-order valence-electron chi connectivity index (χ2n) is 5.88. The van der Waals surface area contributed by atoms with Crippen LogP contribution in [-0.2, 0) is 9.53 Å². The number of ether oxygens (including phenoxy) is 3. The average Bonchev–Trinajstić information content (AvgIpc) is 3.23. The molecule has 1 heterocycles. The molecule has 0 N–H and O–H groups in total. The first-order valence-electron chi connectivity index (χ1n) is 8.78. The molecule has 0 fully saturated rings. The Kier molecular flexibility index (Phi) is 7.00. The Morgan fingerprint density at radius 3 is 2.46 bits per heavy atom. The topological polar surface area (TPSA) is 60.9 Å². The van der Waals surface area contributed by atoms with E-state index in [0.29, 0.717) is 24.0 Å². The second-order valence-corrected chi connectivity index (χ2v) is 6.72. The standard InChI is InChI=1S/C21H22N2O4S/c1-25-13-12-23(20(24)14-27-18-6-4-3-5-7-18)21-22-19(15-28-21)16-8-10-17(26-2)11-9-16/h3-11,15H,12-14H2,1-2H3. The summed E-state index contributed by atoms with van der Waals surface area (Å²) in [6.45, 7) is 0.753. The van der Waals surface area contributed by atoms with Gasteiger partial charge in [0.15, 0.2) is 11.7 Å². The lowest BCUT2D eigenvalue weighted by molar-refractivity contribution is -0.120. The predicted octanol–water partition coefficient (Wildman–Crippen LogP) is 3.88. The molecule has 3 aromatic rings. The molecule has 0 saturated carbocycles. The zero-order valence-corrected chi connectivity index (χ0v) is 16.6. The third-order valence-electron chi connectivity index (χ3n) is 4.03. The van der Waals surface area contributed by atoms with Gasteiger partial charge in [0.25, 0.3) is 5.91 Å². The van der Waals surface area contributed by atoms with Crippen LogP contribution < -0.4 is 14.4 Å². The summed E-state index contributed by atoms with van der Waals surface area (Å²) in [5, 5.41) is 2.55. The first-order valence-corrected chi connectivity index (χ1v) is 9.66. The van der Waals surface area contributed by atoms with Gasteiger partial charge in [0.05, 0.1) is 26.0 Å². The average molecular weight is 398 g/mol. The Labute approximate surface area is 168 Å². The third kappa shape index (κ3) is 5.09. The Morgan fingerprint density at radius 2 is 1.79 bits per heavy atom. The number of carbonyl (C=O) groups is 1. The molecular weight excluding hydrogens is 376 g/mol. The molecule has 146 valence electrons. The summed E-state index contributed by atoms with van der Waals surface area (Å²) in [4.78, 5) is 19.0. The number of hydrogen-bond acceptors (Lipinski definition) is 6. The minimum absolute atomic E-state index is 0.0643. The molecule has 6 nitrogen and oxygen atoms in total. The highest BCUT2D eigenvalue weighted by molar-refractivity contribution is 7.14. The maximum atomic E-state index is 12.7. The minimum Gasteiger partial charge on any atom is -0.497 e. The number of amides is 1. The normalized spacial score (nSPS) is 10.5. The molecule has 3 rings (SSSR count). The molecule has 0 bridgehead atoms. The Hall–Kier alpha value is -2.90. The van der Waals surface area contributed by atoms with Crippen molar-refractivity contribution < 1.29 is 19.0 Å². The lowest BCUT2D eigenvalue weighted by Crippen LogP contribution is -2.37. The molecule has 1 amide bonds. The summed E-state index contributed by atoms with van der Waals surface area (Å²) in [6.07, 6.45) is 0. The molecule has 0 saturated heterocycles.